The Balaban J connectivity index is 1.29. The fourth-order valence-electron chi connectivity index (χ4n) is 3.38. The van der Waals surface area contributed by atoms with Crippen molar-refractivity contribution in [3.63, 3.8) is 0 Å². The van der Waals surface area contributed by atoms with Gasteiger partial charge in [-0.15, -0.1) is 5.10 Å². The Kier molecular flexibility index (Phi) is 7.34. The summed E-state index contributed by atoms with van der Waals surface area (Å²) in [6, 6.07) is 15.9. The first-order valence-electron chi connectivity index (χ1n) is 10.6. The van der Waals surface area contributed by atoms with E-state index in [1.54, 1.807) is 48.5 Å². The molecular weight excluding hydrogens is 575 g/mol. The fraction of sp³-hybridized carbons (Fsp3) is 0. The molecule has 0 aliphatic carbocycles. The number of nitrogens with one attached hydrogen (secondary N) is 2. The van der Waals surface area contributed by atoms with E-state index in [9.17, 15) is 14.9 Å². The lowest BCUT2D eigenvalue weighted by atomic mass is 10.2. The zero-order valence-corrected chi connectivity index (χ0v) is 21.9. The Morgan fingerprint density at radius 1 is 1.08 bits per heavy atom. The van der Waals surface area contributed by atoms with Gasteiger partial charge in [-0.1, -0.05) is 40.9 Å². The molecule has 0 atom stereocenters. The van der Waals surface area contributed by atoms with Gasteiger partial charge in [0.2, 0.25) is 5.16 Å². The number of hydrogen-bond donors (Lipinski definition) is 2. The maximum absolute atomic E-state index is 12.4. The number of hydrazone groups is 1. The van der Waals surface area contributed by atoms with Gasteiger partial charge >= 0.3 is 5.91 Å². The van der Waals surface area contributed by atoms with E-state index < -0.39 is 10.8 Å². The number of H-pyrrole nitrogens is 1. The Morgan fingerprint density at radius 3 is 2.66 bits per heavy atom. The molecule has 0 radical (unpaired) electrons. The third kappa shape index (κ3) is 5.65. The molecule has 5 aromatic rings. The molecule has 5 rings (SSSR count). The van der Waals surface area contributed by atoms with Crippen LogP contribution in [0, 0.1) is 10.1 Å². The first kappa shape index (κ1) is 25.7. The van der Waals surface area contributed by atoms with E-state index in [0.717, 1.165) is 11.8 Å². The maximum Gasteiger partial charge on any atom is 0.307 e. The predicted molar refractivity (Wildman–Crippen MR) is 145 cm³/mol. The van der Waals surface area contributed by atoms with Crippen LogP contribution in [0.3, 0.4) is 0 Å². The molecule has 14 heteroatoms. The van der Waals surface area contributed by atoms with Crippen molar-refractivity contribution in [2.45, 2.75) is 10.1 Å². The quantitative estimate of drug-likeness (QED) is 0.119. The topological polar surface area (TPSA) is 139 Å². The van der Waals surface area contributed by atoms with Gasteiger partial charge in [-0.2, -0.15) is 5.10 Å². The standard InChI is InChI=1S/C24H13Cl3N6O4S/c25-14-3-5-19-13(8-14)9-20(37-19)23(34)31-28-11-12-1-6-21(18(7-12)33(35)36)38-24-29-22(30-32-24)16-4-2-15(26)10-17(16)27/h1-11H,(H,31,34)(H,29,30,32)/b28-11+. The maximum atomic E-state index is 12.4. The van der Waals surface area contributed by atoms with E-state index in [2.05, 4.69) is 25.7 Å². The number of carbonyl (C=O) groups excluding carboxylic acids is 1. The molecule has 2 N–H and O–H groups in total. The second kappa shape index (κ2) is 10.8. The fourth-order valence-corrected chi connectivity index (χ4v) is 4.86. The second-order valence-corrected chi connectivity index (χ2v) is 9.96. The van der Waals surface area contributed by atoms with Crippen LogP contribution in [0.1, 0.15) is 16.1 Å². The number of fused-ring (bicyclic) bond motifs is 1. The zero-order chi connectivity index (χ0) is 26.8. The zero-order valence-electron chi connectivity index (χ0n) is 18.8. The minimum Gasteiger partial charge on any atom is -0.451 e. The lowest BCUT2D eigenvalue weighted by Crippen LogP contribution is -2.16. The van der Waals surface area contributed by atoms with Gasteiger partial charge < -0.3 is 4.42 Å². The highest BCUT2D eigenvalue weighted by Crippen LogP contribution is 2.35. The number of amides is 1. The molecule has 0 bridgehead atoms. The van der Waals surface area contributed by atoms with Gasteiger partial charge in [0.15, 0.2) is 11.6 Å². The van der Waals surface area contributed by atoms with Crippen molar-refractivity contribution in [1.82, 2.24) is 20.6 Å². The van der Waals surface area contributed by atoms with Crippen molar-refractivity contribution < 1.29 is 14.1 Å². The first-order chi connectivity index (χ1) is 18.3. The summed E-state index contributed by atoms with van der Waals surface area (Å²) >= 11 is 19.1. The van der Waals surface area contributed by atoms with Gasteiger partial charge in [0.1, 0.15) is 5.58 Å². The van der Waals surface area contributed by atoms with Crippen LogP contribution in [0.4, 0.5) is 5.69 Å². The molecule has 0 aliphatic heterocycles. The number of furan rings is 1. The van der Waals surface area contributed by atoms with Crippen molar-refractivity contribution >= 4 is 75.3 Å². The van der Waals surface area contributed by atoms with E-state index in [4.69, 9.17) is 39.2 Å². The molecule has 0 aliphatic rings. The Hall–Kier alpha value is -3.90. The molecule has 190 valence electrons. The van der Waals surface area contributed by atoms with Gasteiger partial charge in [0, 0.05) is 32.6 Å². The van der Waals surface area contributed by atoms with Gasteiger partial charge in [-0.05, 0) is 60.3 Å². The number of halogens is 3. The van der Waals surface area contributed by atoms with Crippen LogP contribution >= 0.6 is 46.6 Å². The molecule has 0 saturated carbocycles. The normalized spacial score (nSPS) is 11.3. The third-order valence-electron chi connectivity index (χ3n) is 5.11. The smallest absolute Gasteiger partial charge is 0.307 e. The molecule has 1 amide bonds. The Morgan fingerprint density at radius 2 is 1.87 bits per heavy atom. The van der Waals surface area contributed by atoms with Crippen LogP contribution in [0.15, 0.2) is 80.2 Å². The third-order valence-corrected chi connectivity index (χ3v) is 6.83. The van der Waals surface area contributed by atoms with Crippen LogP contribution in [0.5, 0.6) is 0 Å². The van der Waals surface area contributed by atoms with Crippen molar-refractivity contribution in [1.29, 1.82) is 0 Å². The highest BCUT2D eigenvalue weighted by molar-refractivity contribution is 7.99. The Labute approximate surface area is 233 Å². The highest BCUT2D eigenvalue weighted by Gasteiger charge is 2.19. The van der Waals surface area contributed by atoms with E-state index in [-0.39, 0.29) is 16.6 Å². The monoisotopic (exact) mass is 586 g/mol. The molecule has 2 aromatic heterocycles. The summed E-state index contributed by atoms with van der Waals surface area (Å²) in [5.41, 5.74) is 3.63. The van der Waals surface area contributed by atoms with Crippen LogP contribution in [-0.2, 0) is 0 Å². The Bertz CT molecular complexity index is 1740. The van der Waals surface area contributed by atoms with Crippen molar-refractivity contribution in [2.75, 3.05) is 0 Å². The molecule has 2 heterocycles. The SMILES string of the molecule is O=C(N/N=C/c1ccc(Sc2n[nH]c(-c3ccc(Cl)cc3Cl)n2)c([N+](=O)[O-])c1)c1cc2cc(Cl)ccc2o1. The van der Waals surface area contributed by atoms with E-state index in [1.165, 1.54) is 18.3 Å². The summed E-state index contributed by atoms with van der Waals surface area (Å²) < 4.78 is 5.49. The number of aromatic amines is 1. The highest BCUT2D eigenvalue weighted by atomic mass is 35.5. The van der Waals surface area contributed by atoms with Crippen LogP contribution in [0.2, 0.25) is 15.1 Å². The average Bonchev–Trinajstić information content (AvgIpc) is 3.51. The van der Waals surface area contributed by atoms with Gasteiger partial charge in [-0.3, -0.25) is 20.0 Å². The van der Waals surface area contributed by atoms with Crippen LogP contribution < -0.4 is 5.43 Å². The molecule has 38 heavy (non-hydrogen) atoms. The van der Waals surface area contributed by atoms with E-state index >= 15 is 0 Å². The van der Waals surface area contributed by atoms with Crippen LogP contribution in [0.25, 0.3) is 22.4 Å². The van der Waals surface area contributed by atoms with E-state index in [0.29, 0.717) is 47.9 Å². The molecule has 3 aromatic carbocycles. The summed E-state index contributed by atoms with van der Waals surface area (Å²) in [5.74, 6) is -0.150. The minimum atomic E-state index is -0.587. The average molecular weight is 588 g/mol. The summed E-state index contributed by atoms with van der Waals surface area (Å²) in [5, 5.41) is 24.8. The molecule has 0 spiro atoms. The molecule has 0 unspecified atom stereocenters. The summed E-state index contributed by atoms with van der Waals surface area (Å²) in [7, 11) is 0. The number of rotatable bonds is 7. The first-order valence-corrected chi connectivity index (χ1v) is 12.6. The van der Waals surface area contributed by atoms with Gasteiger partial charge in [-0.25, -0.2) is 10.4 Å². The number of hydrogen-bond acceptors (Lipinski definition) is 8. The lowest BCUT2D eigenvalue weighted by molar-refractivity contribution is -0.387. The van der Waals surface area contributed by atoms with Crippen molar-refractivity contribution in [3.05, 3.63) is 97.2 Å². The predicted octanol–water partition coefficient (Wildman–Crippen LogP) is 7.00. The van der Waals surface area contributed by atoms with Crippen molar-refractivity contribution in [2.24, 2.45) is 5.10 Å². The number of carbonyl (C=O) groups is 1. The number of nitrogens with zero attached hydrogens (tertiary/aromatic N) is 4. The van der Waals surface area contributed by atoms with Gasteiger partial charge in [0.05, 0.1) is 21.1 Å². The minimum absolute atomic E-state index is 0.0444. The largest absolute Gasteiger partial charge is 0.451 e. The number of aromatic nitrogens is 3. The molecule has 0 fully saturated rings. The summed E-state index contributed by atoms with van der Waals surface area (Å²) in [6.07, 6.45) is 1.28. The van der Waals surface area contributed by atoms with Gasteiger partial charge in [0.25, 0.3) is 5.69 Å². The summed E-state index contributed by atoms with van der Waals surface area (Å²) in [4.78, 5) is 28.2. The molecular formula is C24H13Cl3N6O4S. The second-order valence-electron chi connectivity index (χ2n) is 7.67. The molecule has 10 nitrogen and oxygen atoms in total. The van der Waals surface area contributed by atoms with E-state index in [1.807, 2.05) is 0 Å². The lowest BCUT2D eigenvalue weighted by Gasteiger charge is -2.02. The number of benzene rings is 3. The number of nitro benzene ring substituents is 1. The van der Waals surface area contributed by atoms with Crippen molar-refractivity contribution in [3.8, 4) is 11.4 Å². The number of nitro groups is 1. The summed E-state index contributed by atoms with van der Waals surface area (Å²) in [6.45, 7) is 0. The van der Waals surface area contributed by atoms with Crippen LogP contribution in [-0.4, -0.2) is 32.2 Å². The molecule has 0 saturated heterocycles.